The third-order valence-electron chi connectivity index (χ3n) is 2.51. The summed E-state index contributed by atoms with van der Waals surface area (Å²) in [7, 11) is 0. The molecule has 0 saturated carbocycles. The summed E-state index contributed by atoms with van der Waals surface area (Å²) in [6, 6.07) is 4.76. The fraction of sp³-hybridized carbons (Fsp3) is 0.167. The van der Waals surface area contributed by atoms with Gasteiger partial charge in [-0.15, -0.1) is 0 Å². The Morgan fingerprint density at radius 2 is 2.12 bits per heavy atom. The summed E-state index contributed by atoms with van der Waals surface area (Å²) in [4.78, 5) is 0. The van der Waals surface area contributed by atoms with E-state index in [1.807, 2.05) is 0 Å². The van der Waals surface area contributed by atoms with Gasteiger partial charge in [0.25, 0.3) is 0 Å². The molecule has 0 aliphatic carbocycles. The van der Waals surface area contributed by atoms with Gasteiger partial charge in [0.05, 0.1) is 11.3 Å². The topological polar surface area (TPSA) is 33.4 Å². The van der Waals surface area contributed by atoms with Gasteiger partial charge >= 0.3 is 0 Å². The van der Waals surface area contributed by atoms with Crippen LogP contribution < -0.4 is 0 Å². The maximum atomic E-state index is 13.9. The average Bonchev–Trinajstić information content (AvgIpc) is 2.72. The van der Waals surface area contributed by atoms with Gasteiger partial charge in [0.15, 0.2) is 0 Å². The average molecular weight is 320 g/mol. The maximum absolute atomic E-state index is 13.9. The van der Waals surface area contributed by atoms with Crippen LogP contribution in [-0.4, -0.2) is 5.11 Å². The van der Waals surface area contributed by atoms with Crippen molar-refractivity contribution in [2.45, 2.75) is 13.0 Å². The number of hydrogen-bond acceptors (Lipinski definition) is 2. The number of hydrogen-bond donors (Lipinski definition) is 1. The van der Waals surface area contributed by atoms with E-state index in [0.717, 1.165) is 5.56 Å². The molecule has 0 spiro atoms. The van der Waals surface area contributed by atoms with E-state index in [-0.39, 0.29) is 10.6 Å². The molecule has 1 aromatic heterocycles. The van der Waals surface area contributed by atoms with Crippen molar-refractivity contribution < 1.29 is 13.9 Å². The molecule has 0 amide bonds. The fourth-order valence-electron chi connectivity index (χ4n) is 1.56. The van der Waals surface area contributed by atoms with Crippen molar-refractivity contribution in [3.63, 3.8) is 0 Å². The Kier molecular flexibility index (Phi) is 3.56. The van der Waals surface area contributed by atoms with Crippen LogP contribution in [0.1, 0.15) is 23.0 Å². The molecule has 2 aromatic rings. The molecule has 2 nitrogen and oxygen atoms in total. The van der Waals surface area contributed by atoms with Crippen LogP contribution in [0, 0.1) is 12.7 Å². The summed E-state index contributed by atoms with van der Waals surface area (Å²) in [5.41, 5.74) is 0.854. The van der Waals surface area contributed by atoms with Crippen LogP contribution in [0.2, 0.25) is 5.02 Å². The van der Waals surface area contributed by atoms with E-state index in [2.05, 4.69) is 15.9 Å². The van der Waals surface area contributed by atoms with E-state index in [4.69, 9.17) is 16.0 Å². The van der Waals surface area contributed by atoms with E-state index in [1.165, 1.54) is 12.3 Å². The number of rotatable bonds is 2. The molecule has 0 aliphatic rings. The highest BCUT2D eigenvalue weighted by molar-refractivity contribution is 9.10. The summed E-state index contributed by atoms with van der Waals surface area (Å²) >= 11 is 8.88. The molecule has 1 aromatic carbocycles. The van der Waals surface area contributed by atoms with Crippen LogP contribution in [0.3, 0.4) is 0 Å². The van der Waals surface area contributed by atoms with Gasteiger partial charge in [-0.3, -0.25) is 0 Å². The maximum Gasteiger partial charge on any atom is 0.149 e. The molecule has 2 rings (SSSR count). The summed E-state index contributed by atoms with van der Waals surface area (Å²) in [5.74, 6) is -0.327. The van der Waals surface area contributed by atoms with Crippen molar-refractivity contribution in [2.75, 3.05) is 0 Å². The highest BCUT2D eigenvalue weighted by Gasteiger charge is 2.22. The van der Waals surface area contributed by atoms with Crippen LogP contribution in [0.5, 0.6) is 0 Å². The molecule has 1 heterocycles. The summed E-state index contributed by atoms with van der Waals surface area (Å²) < 4.78 is 19.5. The first kappa shape index (κ1) is 12.6. The molecule has 0 saturated heterocycles. The molecule has 90 valence electrons. The highest BCUT2D eigenvalue weighted by Crippen LogP contribution is 2.33. The second-order valence-electron chi connectivity index (χ2n) is 3.63. The van der Waals surface area contributed by atoms with Gasteiger partial charge in [-0.2, -0.15) is 0 Å². The second-order valence-corrected chi connectivity index (χ2v) is 4.87. The molecule has 0 radical (unpaired) electrons. The van der Waals surface area contributed by atoms with Crippen LogP contribution >= 0.6 is 27.5 Å². The van der Waals surface area contributed by atoms with Crippen molar-refractivity contribution >= 4 is 27.5 Å². The number of aliphatic hydroxyl groups is 1. The number of halogens is 3. The molecular formula is C12H9BrClFO2. The monoisotopic (exact) mass is 318 g/mol. The minimum absolute atomic E-state index is 0.0502. The Bertz CT molecular complexity index is 553. The zero-order valence-electron chi connectivity index (χ0n) is 8.88. The number of aryl methyl sites for hydroxylation is 1. The van der Waals surface area contributed by atoms with Gasteiger partial charge in [0.2, 0.25) is 0 Å². The lowest BCUT2D eigenvalue weighted by Gasteiger charge is -2.12. The first-order valence-electron chi connectivity index (χ1n) is 4.88. The van der Waals surface area contributed by atoms with Crippen molar-refractivity contribution in [1.82, 2.24) is 0 Å². The van der Waals surface area contributed by atoms with Gasteiger partial charge in [0, 0.05) is 10.0 Å². The van der Waals surface area contributed by atoms with Gasteiger partial charge < -0.3 is 9.52 Å². The second kappa shape index (κ2) is 4.80. The Morgan fingerprint density at radius 1 is 1.41 bits per heavy atom. The molecule has 1 N–H and O–H groups in total. The Labute approximate surface area is 111 Å². The standard InChI is InChI=1S/C12H9BrClFO2/c1-6-4-5-17-12(6)11(16)7-2-3-8(13)9(14)10(7)15/h2-5,11,16H,1H3. The van der Waals surface area contributed by atoms with E-state index >= 15 is 0 Å². The molecule has 0 fully saturated rings. The third kappa shape index (κ3) is 2.25. The van der Waals surface area contributed by atoms with Crippen LogP contribution in [0.15, 0.2) is 33.4 Å². The summed E-state index contributed by atoms with van der Waals surface area (Å²) in [5, 5.41) is 10.00. The molecule has 17 heavy (non-hydrogen) atoms. The molecule has 0 bridgehead atoms. The van der Waals surface area contributed by atoms with Crippen LogP contribution in [0.4, 0.5) is 4.39 Å². The largest absolute Gasteiger partial charge is 0.466 e. The van der Waals surface area contributed by atoms with Gasteiger partial charge in [0.1, 0.15) is 17.7 Å². The van der Waals surface area contributed by atoms with Crippen LogP contribution in [-0.2, 0) is 0 Å². The predicted molar refractivity (Wildman–Crippen MR) is 66.6 cm³/mol. The van der Waals surface area contributed by atoms with Gasteiger partial charge in [-0.25, -0.2) is 4.39 Å². The lowest BCUT2D eigenvalue weighted by molar-refractivity contribution is 0.183. The minimum Gasteiger partial charge on any atom is -0.466 e. The fourth-order valence-corrected chi connectivity index (χ4v) is 2.04. The zero-order valence-corrected chi connectivity index (χ0v) is 11.2. The summed E-state index contributed by atoms with van der Waals surface area (Å²) in [6.07, 6.45) is 0.294. The lowest BCUT2D eigenvalue weighted by Crippen LogP contribution is -2.03. The predicted octanol–water partition coefficient (Wildman–Crippen LogP) is 4.22. The first-order chi connectivity index (χ1) is 8.02. The van der Waals surface area contributed by atoms with E-state index in [1.54, 1.807) is 19.1 Å². The Balaban J connectivity index is 2.48. The SMILES string of the molecule is Cc1ccoc1C(O)c1ccc(Br)c(Cl)c1F. The van der Waals surface area contributed by atoms with Crippen LogP contribution in [0.25, 0.3) is 0 Å². The number of benzene rings is 1. The summed E-state index contributed by atoms with van der Waals surface area (Å²) in [6.45, 7) is 1.78. The first-order valence-corrected chi connectivity index (χ1v) is 6.05. The molecule has 1 unspecified atom stereocenters. The molecular weight excluding hydrogens is 310 g/mol. The zero-order chi connectivity index (χ0) is 12.6. The number of furan rings is 1. The smallest absolute Gasteiger partial charge is 0.149 e. The molecule has 0 aliphatic heterocycles. The van der Waals surface area contributed by atoms with E-state index in [9.17, 15) is 9.50 Å². The quantitative estimate of drug-likeness (QED) is 0.841. The Hall–Kier alpha value is -0.840. The van der Waals surface area contributed by atoms with Crippen molar-refractivity contribution in [3.8, 4) is 0 Å². The normalized spacial score (nSPS) is 12.8. The number of aliphatic hydroxyl groups excluding tert-OH is 1. The van der Waals surface area contributed by atoms with Gasteiger partial charge in [-0.1, -0.05) is 17.7 Å². The van der Waals surface area contributed by atoms with Gasteiger partial charge in [-0.05, 0) is 40.5 Å². The lowest BCUT2D eigenvalue weighted by atomic mass is 10.0. The van der Waals surface area contributed by atoms with Crippen molar-refractivity contribution in [1.29, 1.82) is 0 Å². The molecule has 5 heteroatoms. The molecule has 1 atom stereocenters. The highest BCUT2D eigenvalue weighted by atomic mass is 79.9. The van der Waals surface area contributed by atoms with E-state index in [0.29, 0.717) is 10.2 Å². The third-order valence-corrected chi connectivity index (χ3v) is 3.77. The van der Waals surface area contributed by atoms with Crippen molar-refractivity contribution in [2.24, 2.45) is 0 Å². The van der Waals surface area contributed by atoms with Crippen molar-refractivity contribution in [3.05, 3.63) is 56.7 Å². The van der Waals surface area contributed by atoms with E-state index < -0.39 is 11.9 Å². The minimum atomic E-state index is -1.16. The Morgan fingerprint density at radius 3 is 2.71 bits per heavy atom.